The number of hydrogen-bond acceptors (Lipinski definition) is 8. The second-order valence-corrected chi connectivity index (χ2v) is 11.3. The second-order valence-electron chi connectivity index (χ2n) is 9.93. The molecule has 40 heavy (non-hydrogen) atoms. The number of amides is 3. The SMILES string of the molecule is CC(C)N(C(C)C)P(OCCC#N)OC(CN(C)C(=O)c1ccccc1C=O)CN1C(=O)c2ccccc2C1=O. The smallest absolute Gasteiger partial charge is 0.261 e. The van der Waals surface area contributed by atoms with Gasteiger partial charge >= 0.3 is 0 Å². The number of imide groups is 1. The fourth-order valence-electron chi connectivity index (χ4n) is 4.54. The van der Waals surface area contributed by atoms with E-state index in [0.717, 1.165) is 4.90 Å². The Balaban J connectivity index is 1.93. The average molecular weight is 567 g/mol. The molecule has 0 spiro atoms. The van der Waals surface area contributed by atoms with Gasteiger partial charge in [0.15, 0.2) is 6.29 Å². The first-order chi connectivity index (χ1) is 19.1. The molecule has 10 nitrogen and oxygen atoms in total. The molecule has 212 valence electrons. The van der Waals surface area contributed by atoms with E-state index >= 15 is 0 Å². The highest BCUT2D eigenvalue weighted by Gasteiger charge is 2.39. The van der Waals surface area contributed by atoms with Gasteiger partial charge in [-0.05, 0) is 45.9 Å². The molecule has 0 aliphatic carbocycles. The molecule has 2 aromatic carbocycles. The first kappa shape index (κ1) is 31.1. The first-order valence-electron chi connectivity index (χ1n) is 13.1. The quantitative estimate of drug-likeness (QED) is 0.142. The zero-order valence-corrected chi connectivity index (χ0v) is 24.3. The van der Waals surface area contributed by atoms with Crippen LogP contribution < -0.4 is 0 Å². The number of nitrogens with zero attached hydrogens (tertiary/aromatic N) is 4. The number of benzene rings is 2. The molecule has 2 unspecified atom stereocenters. The van der Waals surface area contributed by atoms with Crippen LogP contribution in [0.3, 0.4) is 0 Å². The zero-order valence-electron chi connectivity index (χ0n) is 23.4. The summed E-state index contributed by atoms with van der Waals surface area (Å²) in [5.41, 5.74) is 1.12. The standard InChI is InChI=1S/C29H35N4O6P/c1-20(2)33(21(3)4)40(38-16-10-15-30)39-23(17-31(5)27(35)24-12-7-6-11-22(24)19-34)18-32-28(36)25-13-8-9-14-26(25)29(32)37/h6-9,11-14,19-21,23H,10,16-18H2,1-5H3. The third kappa shape index (κ3) is 7.18. The summed E-state index contributed by atoms with van der Waals surface area (Å²) in [7, 11) is -0.162. The Bertz CT molecular complexity index is 1230. The molecule has 3 amide bonds. The number of rotatable bonds is 14. The van der Waals surface area contributed by atoms with Gasteiger partial charge in [-0.3, -0.25) is 24.1 Å². The molecule has 0 N–H and O–H groups in total. The van der Waals surface area contributed by atoms with E-state index in [9.17, 15) is 19.2 Å². The van der Waals surface area contributed by atoms with Gasteiger partial charge in [0.25, 0.3) is 26.2 Å². The van der Waals surface area contributed by atoms with Crippen LogP contribution in [0.5, 0.6) is 0 Å². The molecule has 1 heterocycles. The molecular formula is C29H35N4O6P. The number of nitriles is 1. The van der Waals surface area contributed by atoms with Gasteiger partial charge in [-0.2, -0.15) is 5.26 Å². The van der Waals surface area contributed by atoms with Crippen molar-refractivity contribution in [1.82, 2.24) is 14.5 Å². The molecule has 2 atom stereocenters. The Morgan fingerprint density at radius 1 is 1.02 bits per heavy atom. The molecule has 3 rings (SSSR count). The third-order valence-corrected chi connectivity index (χ3v) is 8.49. The fourth-order valence-corrected chi connectivity index (χ4v) is 6.24. The van der Waals surface area contributed by atoms with Crippen LogP contribution in [0.1, 0.15) is 75.5 Å². The Morgan fingerprint density at radius 2 is 1.60 bits per heavy atom. The van der Waals surface area contributed by atoms with Crippen molar-refractivity contribution in [1.29, 1.82) is 5.26 Å². The predicted molar refractivity (Wildman–Crippen MR) is 151 cm³/mol. The van der Waals surface area contributed by atoms with Gasteiger partial charge in [-0.1, -0.05) is 30.3 Å². The van der Waals surface area contributed by atoms with Crippen molar-refractivity contribution < 1.29 is 28.2 Å². The van der Waals surface area contributed by atoms with Crippen LogP contribution >= 0.6 is 8.53 Å². The highest BCUT2D eigenvalue weighted by Crippen LogP contribution is 2.47. The third-order valence-electron chi connectivity index (χ3n) is 6.31. The molecule has 0 fully saturated rings. The maximum atomic E-state index is 13.3. The summed E-state index contributed by atoms with van der Waals surface area (Å²) in [5, 5.41) is 9.06. The fraction of sp³-hybridized carbons (Fsp3) is 0.414. The molecule has 0 aromatic heterocycles. The van der Waals surface area contributed by atoms with Crippen LogP contribution in [-0.4, -0.2) is 83.4 Å². The molecule has 1 aliphatic rings. The number of carbonyl (C=O) groups is 4. The van der Waals surface area contributed by atoms with Crippen LogP contribution in [0, 0.1) is 11.3 Å². The van der Waals surface area contributed by atoms with E-state index in [2.05, 4.69) is 6.07 Å². The van der Waals surface area contributed by atoms with Gasteiger partial charge in [-0.25, -0.2) is 4.67 Å². The van der Waals surface area contributed by atoms with E-state index < -0.39 is 32.4 Å². The summed E-state index contributed by atoms with van der Waals surface area (Å²) < 4.78 is 14.6. The molecule has 0 bridgehead atoms. The van der Waals surface area contributed by atoms with Crippen molar-refractivity contribution >= 4 is 32.5 Å². The van der Waals surface area contributed by atoms with Crippen LogP contribution in [0.2, 0.25) is 0 Å². The second kappa shape index (κ2) is 14.2. The van der Waals surface area contributed by atoms with Gasteiger partial charge in [0.2, 0.25) is 0 Å². The van der Waals surface area contributed by atoms with Crippen molar-refractivity contribution in [3.63, 3.8) is 0 Å². The largest absolute Gasteiger partial charge is 0.339 e. The maximum Gasteiger partial charge on any atom is 0.261 e. The lowest BCUT2D eigenvalue weighted by Crippen LogP contribution is -2.45. The van der Waals surface area contributed by atoms with E-state index in [1.165, 1.54) is 4.90 Å². The molecule has 2 aromatic rings. The van der Waals surface area contributed by atoms with Gasteiger partial charge in [-0.15, -0.1) is 0 Å². The monoisotopic (exact) mass is 566 g/mol. The first-order valence-corrected chi connectivity index (χ1v) is 14.2. The van der Waals surface area contributed by atoms with E-state index in [1.807, 2.05) is 32.4 Å². The van der Waals surface area contributed by atoms with Crippen LogP contribution in [0.25, 0.3) is 0 Å². The van der Waals surface area contributed by atoms with Crippen molar-refractivity contribution in [3.8, 4) is 6.07 Å². The van der Waals surface area contributed by atoms with E-state index in [-0.39, 0.29) is 49.3 Å². The van der Waals surface area contributed by atoms with Gasteiger partial charge in [0.05, 0.1) is 42.3 Å². The minimum Gasteiger partial charge on any atom is -0.339 e. The van der Waals surface area contributed by atoms with Crippen molar-refractivity contribution in [2.45, 2.75) is 52.3 Å². The van der Waals surface area contributed by atoms with Gasteiger partial charge in [0.1, 0.15) is 6.10 Å². The predicted octanol–water partition coefficient (Wildman–Crippen LogP) is 4.53. The van der Waals surface area contributed by atoms with E-state index in [1.54, 1.807) is 55.6 Å². The number of hydrogen-bond donors (Lipinski definition) is 0. The lowest BCUT2D eigenvalue weighted by molar-refractivity contribution is 0.0466. The highest BCUT2D eigenvalue weighted by atomic mass is 31.2. The van der Waals surface area contributed by atoms with Crippen molar-refractivity contribution in [3.05, 3.63) is 70.8 Å². The van der Waals surface area contributed by atoms with Crippen molar-refractivity contribution in [2.24, 2.45) is 0 Å². The number of likely N-dealkylation sites (N-methyl/N-ethyl adjacent to an activating group) is 1. The summed E-state index contributed by atoms with van der Waals surface area (Å²) in [6.45, 7) is 8.01. The summed E-state index contributed by atoms with van der Waals surface area (Å²) in [6.07, 6.45) is -0.0390. The molecular weight excluding hydrogens is 531 g/mol. The lowest BCUT2D eigenvalue weighted by atomic mass is 10.1. The van der Waals surface area contributed by atoms with Gasteiger partial charge in [0, 0.05) is 31.2 Å². The topological polar surface area (TPSA) is 120 Å². The van der Waals surface area contributed by atoms with Crippen LogP contribution in [-0.2, 0) is 9.05 Å². The molecule has 0 saturated heterocycles. The summed E-state index contributed by atoms with van der Waals surface area (Å²) >= 11 is 0. The zero-order chi connectivity index (χ0) is 29.4. The number of fused-ring (bicyclic) bond motifs is 1. The Kier molecular flexibility index (Phi) is 11.1. The summed E-state index contributed by atoms with van der Waals surface area (Å²) in [6, 6.07) is 15.2. The normalized spacial score (nSPS) is 14.4. The number of aldehydes is 1. The lowest BCUT2D eigenvalue weighted by Gasteiger charge is -2.38. The maximum absolute atomic E-state index is 13.3. The number of carbonyl (C=O) groups excluding carboxylic acids is 4. The van der Waals surface area contributed by atoms with Gasteiger partial charge < -0.3 is 13.9 Å². The van der Waals surface area contributed by atoms with E-state index in [4.69, 9.17) is 14.3 Å². The Hall–Kier alpha value is -3.48. The molecule has 11 heteroatoms. The van der Waals surface area contributed by atoms with Crippen LogP contribution in [0.4, 0.5) is 0 Å². The van der Waals surface area contributed by atoms with Crippen molar-refractivity contribution in [2.75, 3.05) is 26.7 Å². The molecule has 1 aliphatic heterocycles. The summed E-state index contributed by atoms with van der Waals surface area (Å²) in [4.78, 5) is 53.8. The highest BCUT2D eigenvalue weighted by molar-refractivity contribution is 7.44. The minimum atomic E-state index is -1.74. The Labute approximate surface area is 236 Å². The Morgan fingerprint density at radius 3 is 2.15 bits per heavy atom. The summed E-state index contributed by atoms with van der Waals surface area (Å²) in [5.74, 6) is -1.28. The minimum absolute atomic E-state index is 0.00387. The van der Waals surface area contributed by atoms with Crippen LogP contribution in [0.15, 0.2) is 48.5 Å². The molecule has 0 radical (unpaired) electrons. The van der Waals surface area contributed by atoms with E-state index in [0.29, 0.717) is 17.4 Å². The molecule has 0 saturated carbocycles. The average Bonchev–Trinajstić information content (AvgIpc) is 3.17.